The summed E-state index contributed by atoms with van der Waals surface area (Å²) in [6.45, 7) is 0. The number of sulfone groups is 1. The van der Waals surface area contributed by atoms with Crippen molar-refractivity contribution >= 4 is 21.6 Å². The average molecular weight is 369 g/mol. The zero-order valence-electron chi connectivity index (χ0n) is 12.7. The lowest BCUT2D eigenvalue weighted by atomic mass is 10.2. The van der Waals surface area contributed by atoms with Gasteiger partial charge in [-0.2, -0.15) is 0 Å². The molecule has 0 unspecified atom stereocenters. The van der Waals surface area contributed by atoms with Gasteiger partial charge in [0.05, 0.1) is 28.4 Å². The Morgan fingerprint density at radius 1 is 1.21 bits per heavy atom. The quantitative estimate of drug-likeness (QED) is 0.882. The van der Waals surface area contributed by atoms with E-state index in [1.54, 1.807) is 18.2 Å². The second kappa shape index (κ2) is 5.82. The van der Waals surface area contributed by atoms with Gasteiger partial charge in [-0.25, -0.2) is 12.8 Å². The summed E-state index contributed by atoms with van der Waals surface area (Å²) >= 11 is 1.22. The van der Waals surface area contributed by atoms with Crippen LogP contribution in [-0.2, 0) is 9.84 Å². The second-order valence-electron chi connectivity index (χ2n) is 6.19. The predicted octanol–water partition coefficient (Wildman–Crippen LogP) is 1.67. The molecule has 4 rings (SSSR count). The first-order valence-corrected chi connectivity index (χ1v) is 10.4. The van der Waals surface area contributed by atoms with Gasteiger partial charge < -0.3 is 5.11 Å². The van der Waals surface area contributed by atoms with Crippen LogP contribution in [0.1, 0.15) is 18.9 Å². The van der Waals surface area contributed by atoms with E-state index in [0.717, 1.165) is 12.8 Å². The third-order valence-corrected chi connectivity index (χ3v) is 7.42. The molecule has 1 aromatic heterocycles. The Labute approximate surface area is 143 Å². The van der Waals surface area contributed by atoms with Crippen LogP contribution in [-0.4, -0.2) is 51.1 Å². The Hall–Kier alpha value is -1.45. The summed E-state index contributed by atoms with van der Waals surface area (Å²) in [7, 11) is -3.22. The van der Waals surface area contributed by atoms with Crippen LogP contribution in [0.3, 0.4) is 0 Å². The molecule has 24 heavy (non-hydrogen) atoms. The van der Waals surface area contributed by atoms with Crippen LogP contribution < -0.4 is 0 Å². The molecule has 2 aliphatic rings. The van der Waals surface area contributed by atoms with Crippen molar-refractivity contribution in [3.8, 4) is 11.4 Å². The van der Waals surface area contributed by atoms with E-state index in [4.69, 9.17) is 0 Å². The smallest absolute Gasteiger partial charge is 0.192 e. The molecule has 9 heteroatoms. The zero-order valence-corrected chi connectivity index (χ0v) is 14.3. The maximum Gasteiger partial charge on any atom is 0.192 e. The highest BCUT2D eigenvalue weighted by molar-refractivity contribution is 8.01. The number of thioether (sulfide) groups is 1. The normalized spacial score (nSPS) is 25.9. The molecule has 2 fully saturated rings. The van der Waals surface area contributed by atoms with E-state index in [1.165, 1.54) is 17.8 Å². The number of halogens is 1. The molecule has 1 aliphatic carbocycles. The van der Waals surface area contributed by atoms with Gasteiger partial charge in [-0.05, 0) is 25.0 Å². The third-order valence-electron chi connectivity index (χ3n) is 4.22. The van der Waals surface area contributed by atoms with E-state index < -0.39 is 21.2 Å². The lowest BCUT2D eigenvalue weighted by molar-refractivity contribution is 0.207. The van der Waals surface area contributed by atoms with Gasteiger partial charge in [0, 0.05) is 6.04 Å². The average Bonchev–Trinajstić information content (AvgIpc) is 3.21. The lowest BCUT2D eigenvalue weighted by Gasteiger charge is -2.13. The van der Waals surface area contributed by atoms with Gasteiger partial charge in [-0.3, -0.25) is 4.57 Å². The van der Waals surface area contributed by atoms with Gasteiger partial charge in [0.25, 0.3) is 0 Å². The standard InChI is InChI=1S/C15H16FN3O3S2/c16-11-4-2-1-3-10(11)14-17-18-15(19(14)9-5-6-9)23-13-8-24(21,22)7-12(13)20/h1-4,9,12-13,20H,5-8H2/t12-,13-/m1/s1. The molecule has 0 bridgehead atoms. The molecule has 2 atom stereocenters. The van der Waals surface area contributed by atoms with E-state index in [2.05, 4.69) is 10.2 Å². The summed E-state index contributed by atoms with van der Waals surface area (Å²) in [6.07, 6.45) is 0.998. The number of aliphatic hydroxyl groups is 1. The van der Waals surface area contributed by atoms with Crippen LogP contribution in [0.25, 0.3) is 11.4 Å². The van der Waals surface area contributed by atoms with E-state index in [-0.39, 0.29) is 23.4 Å². The molecule has 0 spiro atoms. The molecular weight excluding hydrogens is 353 g/mol. The molecule has 1 saturated carbocycles. The Kier molecular flexibility index (Phi) is 3.89. The minimum atomic E-state index is -3.22. The van der Waals surface area contributed by atoms with Crippen molar-refractivity contribution in [1.82, 2.24) is 14.8 Å². The minimum absolute atomic E-state index is 0.0780. The van der Waals surface area contributed by atoms with Crippen LogP contribution in [0.2, 0.25) is 0 Å². The van der Waals surface area contributed by atoms with Gasteiger partial charge >= 0.3 is 0 Å². The fraction of sp³-hybridized carbons (Fsp3) is 0.467. The van der Waals surface area contributed by atoms with E-state index in [9.17, 15) is 17.9 Å². The van der Waals surface area contributed by atoms with Gasteiger partial charge in [-0.15, -0.1) is 10.2 Å². The number of hydrogen-bond donors (Lipinski definition) is 1. The van der Waals surface area contributed by atoms with Crippen molar-refractivity contribution in [2.24, 2.45) is 0 Å². The number of hydrogen-bond acceptors (Lipinski definition) is 6. The van der Waals surface area contributed by atoms with E-state index in [1.807, 2.05) is 4.57 Å². The highest BCUT2D eigenvalue weighted by Gasteiger charge is 2.39. The fourth-order valence-corrected chi connectivity index (χ4v) is 6.48. The van der Waals surface area contributed by atoms with Gasteiger partial charge in [-0.1, -0.05) is 23.9 Å². The summed E-state index contributed by atoms with van der Waals surface area (Å²) in [4.78, 5) is 0. The molecular formula is C15H16FN3O3S2. The summed E-state index contributed by atoms with van der Waals surface area (Å²) in [6, 6.07) is 6.59. The first-order chi connectivity index (χ1) is 11.4. The van der Waals surface area contributed by atoms with Gasteiger partial charge in [0.15, 0.2) is 20.8 Å². The molecule has 128 valence electrons. The lowest BCUT2D eigenvalue weighted by Crippen LogP contribution is -2.20. The first kappa shape index (κ1) is 16.0. The van der Waals surface area contributed by atoms with Gasteiger partial charge in [0.1, 0.15) is 5.82 Å². The predicted molar refractivity (Wildman–Crippen MR) is 88.0 cm³/mol. The Balaban J connectivity index is 1.69. The van der Waals surface area contributed by atoms with Crippen molar-refractivity contribution < 1.29 is 17.9 Å². The maximum absolute atomic E-state index is 14.1. The van der Waals surface area contributed by atoms with Crippen molar-refractivity contribution in [3.63, 3.8) is 0 Å². The topological polar surface area (TPSA) is 85.1 Å². The van der Waals surface area contributed by atoms with E-state index in [0.29, 0.717) is 16.5 Å². The molecule has 2 heterocycles. The van der Waals surface area contributed by atoms with Crippen LogP contribution in [0.4, 0.5) is 4.39 Å². The largest absolute Gasteiger partial charge is 0.391 e. The first-order valence-electron chi connectivity index (χ1n) is 7.69. The molecule has 1 N–H and O–H groups in total. The van der Waals surface area contributed by atoms with Crippen molar-refractivity contribution in [3.05, 3.63) is 30.1 Å². The summed E-state index contributed by atoms with van der Waals surface area (Å²) in [5.41, 5.74) is 0.378. The molecule has 1 aliphatic heterocycles. The summed E-state index contributed by atoms with van der Waals surface area (Å²) in [5, 5.41) is 18.3. The molecule has 1 saturated heterocycles. The monoisotopic (exact) mass is 369 g/mol. The number of nitrogens with zero attached hydrogens (tertiary/aromatic N) is 3. The molecule has 0 radical (unpaired) electrons. The molecule has 0 amide bonds. The fourth-order valence-electron chi connectivity index (χ4n) is 2.89. The van der Waals surface area contributed by atoms with Crippen LogP contribution in [0.5, 0.6) is 0 Å². The molecule has 6 nitrogen and oxygen atoms in total. The Bertz CT molecular complexity index is 880. The van der Waals surface area contributed by atoms with Crippen molar-refractivity contribution in [2.75, 3.05) is 11.5 Å². The minimum Gasteiger partial charge on any atom is -0.391 e. The second-order valence-corrected chi connectivity index (χ2v) is 9.55. The summed E-state index contributed by atoms with van der Waals surface area (Å²) < 4.78 is 39.3. The van der Waals surface area contributed by atoms with Gasteiger partial charge in [0.2, 0.25) is 0 Å². The Morgan fingerprint density at radius 2 is 1.96 bits per heavy atom. The number of rotatable bonds is 4. The number of aromatic nitrogens is 3. The molecule has 2 aromatic rings. The van der Waals surface area contributed by atoms with Crippen LogP contribution in [0.15, 0.2) is 29.4 Å². The third kappa shape index (κ3) is 2.96. The summed E-state index contributed by atoms with van der Waals surface area (Å²) in [5.74, 6) is -0.214. The van der Waals surface area contributed by atoms with Crippen molar-refractivity contribution in [2.45, 2.75) is 35.4 Å². The maximum atomic E-state index is 14.1. The molecule has 1 aromatic carbocycles. The zero-order chi connectivity index (χ0) is 16.9. The van der Waals surface area contributed by atoms with Crippen LogP contribution in [0, 0.1) is 5.82 Å². The Morgan fingerprint density at radius 3 is 2.58 bits per heavy atom. The highest BCUT2D eigenvalue weighted by Crippen LogP contribution is 2.43. The highest BCUT2D eigenvalue weighted by atomic mass is 32.2. The SMILES string of the molecule is O=S1(=O)C[C@@H](O)[C@H](Sc2nnc(-c3ccccc3F)n2C2CC2)C1. The van der Waals surface area contributed by atoms with Crippen LogP contribution >= 0.6 is 11.8 Å². The number of aliphatic hydroxyl groups excluding tert-OH is 1. The van der Waals surface area contributed by atoms with Crippen molar-refractivity contribution in [1.29, 1.82) is 0 Å². The number of benzene rings is 1. The van der Waals surface area contributed by atoms with E-state index >= 15 is 0 Å².